The summed E-state index contributed by atoms with van der Waals surface area (Å²) in [6.07, 6.45) is 0. The van der Waals surface area contributed by atoms with E-state index in [-0.39, 0.29) is 11.4 Å². The zero-order valence-electron chi connectivity index (χ0n) is 9.43. The molecule has 15 heavy (non-hydrogen) atoms. The molecular formula is C12H15BrO2. The van der Waals surface area contributed by atoms with Crippen molar-refractivity contribution in [2.45, 2.75) is 26.2 Å². The molecule has 0 aliphatic heterocycles. The van der Waals surface area contributed by atoms with Crippen LogP contribution < -0.4 is 0 Å². The molecule has 0 aliphatic rings. The highest BCUT2D eigenvalue weighted by Crippen LogP contribution is 2.29. The van der Waals surface area contributed by atoms with E-state index in [1.807, 2.05) is 12.1 Å². The van der Waals surface area contributed by atoms with E-state index < -0.39 is 0 Å². The minimum atomic E-state index is -0.285. The first kappa shape index (κ1) is 12.2. The van der Waals surface area contributed by atoms with Crippen molar-refractivity contribution in [2.75, 3.05) is 7.11 Å². The summed E-state index contributed by atoms with van der Waals surface area (Å²) in [5, 5.41) is 0. The zero-order chi connectivity index (χ0) is 11.6. The van der Waals surface area contributed by atoms with Gasteiger partial charge in [0.1, 0.15) is 0 Å². The molecule has 2 nitrogen and oxygen atoms in total. The number of hydrogen-bond donors (Lipinski definition) is 0. The highest BCUT2D eigenvalue weighted by Gasteiger charge is 2.22. The Labute approximate surface area is 98.8 Å². The second-order valence-corrected chi connectivity index (χ2v) is 5.35. The highest BCUT2D eigenvalue weighted by atomic mass is 79.9. The lowest BCUT2D eigenvalue weighted by Gasteiger charge is -2.22. The van der Waals surface area contributed by atoms with Crippen molar-refractivity contribution < 1.29 is 9.53 Å². The third-order valence-corrected chi connectivity index (χ3v) is 2.69. The average molecular weight is 271 g/mol. The van der Waals surface area contributed by atoms with E-state index in [0.29, 0.717) is 5.56 Å². The van der Waals surface area contributed by atoms with Crippen molar-refractivity contribution in [1.82, 2.24) is 0 Å². The second-order valence-electron chi connectivity index (χ2n) is 4.43. The molecule has 1 aromatic rings. The van der Waals surface area contributed by atoms with Crippen LogP contribution in [0.4, 0.5) is 0 Å². The van der Waals surface area contributed by atoms with E-state index in [1.165, 1.54) is 7.11 Å². The lowest BCUT2D eigenvalue weighted by Crippen LogP contribution is -2.17. The molecule has 0 spiro atoms. The van der Waals surface area contributed by atoms with Crippen molar-refractivity contribution in [3.63, 3.8) is 0 Å². The van der Waals surface area contributed by atoms with E-state index in [9.17, 15) is 4.79 Å². The number of ether oxygens (including phenoxy) is 1. The van der Waals surface area contributed by atoms with Crippen molar-refractivity contribution in [1.29, 1.82) is 0 Å². The molecule has 0 N–H and O–H groups in total. The molecule has 0 aromatic heterocycles. The normalized spacial score (nSPS) is 11.3. The molecule has 0 unspecified atom stereocenters. The molecule has 0 amide bonds. The van der Waals surface area contributed by atoms with Crippen molar-refractivity contribution in [3.05, 3.63) is 33.8 Å². The molecule has 1 aromatic carbocycles. The molecule has 0 saturated carbocycles. The Morgan fingerprint density at radius 3 is 2.40 bits per heavy atom. The van der Waals surface area contributed by atoms with Crippen LogP contribution in [0.25, 0.3) is 0 Å². The minimum absolute atomic E-state index is 0.0761. The quantitative estimate of drug-likeness (QED) is 0.730. The van der Waals surface area contributed by atoms with E-state index >= 15 is 0 Å². The first-order valence-corrected chi connectivity index (χ1v) is 5.54. The van der Waals surface area contributed by atoms with Crippen LogP contribution in [0.15, 0.2) is 22.7 Å². The molecule has 0 atom stereocenters. The number of esters is 1. The van der Waals surface area contributed by atoms with Gasteiger partial charge in [0.2, 0.25) is 0 Å². The van der Waals surface area contributed by atoms with Gasteiger partial charge in [-0.05, 0) is 29.2 Å². The Kier molecular flexibility index (Phi) is 3.55. The molecule has 0 fully saturated rings. The molecule has 0 radical (unpaired) electrons. The number of rotatable bonds is 1. The Morgan fingerprint density at radius 1 is 1.33 bits per heavy atom. The third kappa shape index (κ3) is 2.81. The Bertz CT molecular complexity index is 378. The molecule has 1 rings (SSSR count). The van der Waals surface area contributed by atoms with E-state index in [4.69, 9.17) is 4.74 Å². The van der Waals surface area contributed by atoms with Gasteiger partial charge in [-0.3, -0.25) is 0 Å². The lowest BCUT2D eigenvalue weighted by molar-refractivity contribution is 0.0598. The standard InChI is InChI=1S/C12H15BrO2/c1-12(2,3)10-7-8(13)5-6-9(10)11(14)15-4/h5-7H,1-4H3. The maximum atomic E-state index is 11.6. The molecule has 3 heteroatoms. The van der Waals surface area contributed by atoms with Crippen LogP contribution in [-0.4, -0.2) is 13.1 Å². The number of carbonyl (C=O) groups excluding carboxylic acids is 1. The fourth-order valence-electron chi connectivity index (χ4n) is 1.42. The van der Waals surface area contributed by atoms with Crippen molar-refractivity contribution in [3.8, 4) is 0 Å². The summed E-state index contributed by atoms with van der Waals surface area (Å²) in [4.78, 5) is 11.6. The fraction of sp³-hybridized carbons (Fsp3) is 0.417. The van der Waals surface area contributed by atoms with Crippen molar-refractivity contribution >= 4 is 21.9 Å². The summed E-state index contributed by atoms with van der Waals surface area (Å²) < 4.78 is 5.73. The molecule has 0 aliphatic carbocycles. The van der Waals surface area contributed by atoms with Gasteiger partial charge in [-0.2, -0.15) is 0 Å². The van der Waals surface area contributed by atoms with Crippen molar-refractivity contribution in [2.24, 2.45) is 0 Å². The summed E-state index contributed by atoms with van der Waals surface area (Å²) in [6.45, 7) is 6.21. The summed E-state index contributed by atoms with van der Waals surface area (Å²) in [5.41, 5.74) is 1.55. The fourth-order valence-corrected chi connectivity index (χ4v) is 1.79. The Morgan fingerprint density at radius 2 is 1.93 bits per heavy atom. The maximum Gasteiger partial charge on any atom is 0.338 e. The number of benzene rings is 1. The summed E-state index contributed by atoms with van der Waals surface area (Å²) in [7, 11) is 1.40. The first-order valence-electron chi connectivity index (χ1n) is 4.74. The summed E-state index contributed by atoms with van der Waals surface area (Å²) in [6, 6.07) is 5.60. The van der Waals surface area contributed by atoms with E-state index in [2.05, 4.69) is 36.7 Å². The molecule has 0 bridgehead atoms. The topological polar surface area (TPSA) is 26.3 Å². The van der Waals surface area contributed by atoms with Gasteiger partial charge in [-0.25, -0.2) is 4.79 Å². The molecular weight excluding hydrogens is 256 g/mol. The summed E-state index contributed by atoms with van der Waals surface area (Å²) in [5.74, 6) is -0.285. The van der Waals surface area contributed by atoms with Crippen LogP contribution in [0.5, 0.6) is 0 Å². The van der Waals surface area contributed by atoms with E-state index in [0.717, 1.165) is 10.0 Å². The highest BCUT2D eigenvalue weighted by molar-refractivity contribution is 9.10. The van der Waals surface area contributed by atoms with Gasteiger partial charge >= 0.3 is 5.97 Å². The van der Waals surface area contributed by atoms with Gasteiger partial charge in [0.25, 0.3) is 0 Å². The number of hydrogen-bond acceptors (Lipinski definition) is 2. The van der Waals surface area contributed by atoms with Gasteiger partial charge in [-0.15, -0.1) is 0 Å². The third-order valence-electron chi connectivity index (χ3n) is 2.19. The number of halogens is 1. The maximum absolute atomic E-state index is 11.6. The monoisotopic (exact) mass is 270 g/mol. The molecule has 0 saturated heterocycles. The van der Waals surface area contributed by atoms with Gasteiger partial charge in [0.05, 0.1) is 12.7 Å². The van der Waals surface area contributed by atoms with Crippen LogP contribution in [0.1, 0.15) is 36.7 Å². The molecule has 0 heterocycles. The van der Waals surface area contributed by atoms with Crippen LogP contribution in [0, 0.1) is 0 Å². The number of methoxy groups -OCH3 is 1. The molecule has 82 valence electrons. The SMILES string of the molecule is COC(=O)c1ccc(Br)cc1C(C)(C)C. The smallest absolute Gasteiger partial charge is 0.338 e. The van der Waals surface area contributed by atoms with Gasteiger partial charge in [0, 0.05) is 4.47 Å². The minimum Gasteiger partial charge on any atom is -0.465 e. The predicted octanol–water partition coefficient (Wildman–Crippen LogP) is 3.53. The van der Waals surface area contributed by atoms with E-state index in [1.54, 1.807) is 6.07 Å². The zero-order valence-corrected chi connectivity index (χ0v) is 11.0. The van der Waals surface area contributed by atoms with Gasteiger partial charge in [0.15, 0.2) is 0 Å². The average Bonchev–Trinajstić information content (AvgIpc) is 2.15. The summed E-state index contributed by atoms with van der Waals surface area (Å²) >= 11 is 3.41. The van der Waals surface area contributed by atoms with Crippen LogP contribution in [0.2, 0.25) is 0 Å². The first-order chi connectivity index (χ1) is 6.86. The van der Waals surface area contributed by atoms with Gasteiger partial charge < -0.3 is 4.74 Å². The van der Waals surface area contributed by atoms with Gasteiger partial charge in [-0.1, -0.05) is 36.7 Å². The predicted molar refractivity (Wildman–Crippen MR) is 64.2 cm³/mol. The lowest BCUT2D eigenvalue weighted by atomic mass is 9.84. The Balaban J connectivity index is 3.33. The van der Waals surface area contributed by atoms with Crippen LogP contribution in [0.3, 0.4) is 0 Å². The second kappa shape index (κ2) is 4.35. The largest absolute Gasteiger partial charge is 0.465 e. The van der Waals surface area contributed by atoms with Crippen LogP contribution >= 0.6 is 15.9 Å². The van der Waals surface area contributed by atoms with Crippen LogP contribution in [-0.2, 0) is 10.2 Å². The Hall–Kier alpha value is -0.830. The number of carbonyl (C=O) groups is 1.